The molecule has 134 valence electrons. The quantitative estimate of drug-likeness (QED) is 0.815. The minimum Gasteiger partial charge on any atom is -0.507 e. The SMILES string of the molecule is CC(C)N(C(=O)CN1C(=O)S/C(=C\c2ccccc2O)C1=O)C(C)C. The Balaban J connectivity index is 2.19. The van der Waals surface area contributed by atoms with Gasteiger partial charge >= 0.3 is 0 Å². The van der Waals surface area contributed by atoms with Gasteiger partial charge in [-0.2, -0.15) is 0 Å². The number of hydrogen-bond acceptors (Lipinski definition) is 5. The summed E-state index contributed by atoms with van der Waals surface area (Å²) in [4.78, 5) is 40.0. The number of imide groups is 1. The highest BCUT2D eigenvalue weighted by atomic mass is 32.2. The van der Waals surface area contributed by atoms with Crippen molar-refractivity contribution in [2.45, 2.75) is 39.8 Å². The smallest absolute Gasteiger partial charge is 0.294 e. The zero-order valence-corrected chi connectivity index (χ0v) is 15.5. The molecule has 3 amide bonds. The molecule has 0 radical (unpaired) electrons. The first-order valence-electron chi connectivity index (χ1n) is 8.07. The van der Waals surface area contributed by atoms with Gasteiger partial charge in [0.2, 0.25) is 5.91 Å². The molecule has 1 aliphatic heterocycles. The zero-order valence-electron chi connectivity index (χ0n) is 14.7. The van der Waals surface area contributed by atoms with Crippen molar-refractivity contribution in [3.8, 4) is 5.75 Å². The third kappa shape index (κ3) is 4.22. The number of aromatic hydroxyl groups is 1. The lowest BCUT2D eigenvalue weighted by Crippen LogP contribution is -2.48. The summed E-state index contributed by atoms with van der Waals surface area (Å²) >= 11 is 0.773. The maximum Gasteiger partial charge on any atom is 0.294 e. The minimum absolute atomic E-state index is 0.0239. The number of nitrogens with zero attached hydrogens (tertiary/aromatic N) is 2. The summed E-state index contributed by atoms with van der Waals surface area (Å²) in [7, 11) is 0. The van der Waals surface area contributed by atoms with Crippen LogP contribution in [0.2, 0.25) is 0 Å². The molecule has 1 aromatic carbocycles. The van der Waals surface area contributed by atoms with Crippen LogP contribution in [-0.4, -0.2) is 50.6 Å². The standard InChI is InChI=1S/C18H22N2O4S/c1-11(2)20(12(3)4)16(22)10-19-17(23)15(25-18(19)24)9-13-7-5-6-8-14(13)21/h5-9,11-12,21H,10H2,1-4H3/b15-9-. The molecular weight excluding hydrogens is 340 g/mol. The van der Waals surface area contributed by atoms with E-state index in [9.17, 15) is 19.5 Å². The molecule has 1 aliphatic rings. The van der Waals surface area contributed by atoms with E-state index in [1.807, 2.05) is 27.7 Å². The highest BCUT2D eigenvalue weighted by Gasteiger charge is 2.37. The van der Waals surface area contributed by atoms with Crippen LogP contribution in [0.5, 0.6) is 5.75 Å². The lowest BCUT2D eigenvalue weighted by atomic mass is 10.2. The van der Waals surface area contributed by atoms with E-state index in [4.69, 9.17) is 0 Å². The van der Waals surface area contributed by atoms with Crippen LogP contribution in [0.1, 0.15) is 33.3 Å². The van der Waals surface area contributed by atoms with E-state index in [2.05, 4.69) is 0 Å². The summed E-state index contributed by atoms with van der Waals surface area (Å²) in [6.07, 6.45) is 1.47. The number of benzene rings is 1. The van der Waals surface area contributed by atoms with Gasteiger partial charge in [0.25, 0.3) is 11.1 Å². The van der Waals surface area contributed by atoms with Gasteiger partial charge in [-0.3, -0.25) is 19.3 Å². The molecule has 0 atom stereocenters. The second kappa shape index (κ2) is 7.74. The van der Waals surface area contributed by atoms with Crippen LogP contribution in [0.4, 0.5) is 4.79 Å². The topological polar surface area (TPSA) is 77.9 Å². The number of rotatable bonds is 5. The van der Waals surface area contributed by atoms with Crippen LogP contribution < -0.4 is 0 Å². The molecule has 7 heteroatoms. The fourth-order valence-corrected chi connectivity index (χ4v) is 3.61. The Bertz CT molecular complexity index is 720. The van der Waals surface area contributed by atoms with Gasteiger partial charge in [0, 0.05) is 17.6 Å². The molecule has 0 spiro atoms. The van der Waals surface area contributed by atoms with Gasteiger partial charge in [-0.25, -0.2) is 0 Å². The second-order valence-electron chi connectivity index (χ2n) is 6.32. The molecule has 25 heavy (non-hydrogen) atoms. The van der Waals surface area contributed by atoms with E-state index in [0.717, 1.165) is 16.7 Å². The molecule has 0 aliphatic carbocycles. The molecule has 0 unspecified atom stereocenters. The molecule has 0 bridgehead atoms. The number of phenolic OH excluding ortho intramolecular Hbond substituents is 1. The highest BCUT2D eigenvalue weighted by molar-refractivity contribution is 8.18. The van der Waals surface area contributed by atoms with Gasteiger partial charge in [0.05, 0.1) is 4.91 Å². The van der Waals surface area contributed by atoms with E-state index >= 15 is 0 Å². The van der Waals surface area contributed by atoms with Crippen LogP contribution >= 0.6 is 11.8 Å². The fourth-order valence-electron chi connectivity index (χ4n) is 2.78. The van der Waals surface area contributed by atoms with E-state index in [1.165, 1.54) is 12.1 Å². The number of thioether (sulfide) groups is 1. The maximum atomic E-state index is 12.5. The summed E-state index contributed by atoms with van der Waals surface area (Å²) in [6, 6.07) is 6.50. The van der Waals surface area contributed by atoms with Crippen LogP contribution in [0.3, 0.4) is 0 Å². The molecule has 2 rings (SSSR count). The zero-order chi connectivity index (χ0) is 18.7. The van der Waals surface area contributed by atoms with Crippen molar-refractivity contribution in [3.05, 3.63) is 34.7 Å². The third-order valence-electron chi connectivity index (χ3n) is 3.79. The summed E-state index contributed by atoms with van der Waals surface area (Å²) < 4.78 is 0. The third-order valence-corrected chi connectivity index (χ3v) is 4.70. The summed E-state index contributed by atoms with van der Waals surface area (Å²) in [5.74, 6) is -0.758. The second-order valence-corrected chi connectivity index (χ2v) is 7.31. The van der Waals surface area contributed by atoms with Crippen molar-refractivity contribution in [1.82, 2.24) is 9.80 Å². The number of carbonyl (C=O) groups excluding carboxylic acids is 3. The van der Waals surface area contributed by atoms with E-state index in [-0.39, 0.29) is 35.2 Å². The first kappa shape index (κ1) is 19.1. The molecule has 1 heterocycles. The molecule has 0 saturated carbocycles. The van der Waals surface area contributed by atoms with E-state index < -0.39 is 11.1 Å². The van der Waals surface area contributed by atoms with Crippen LogP contribution in [0.15, 0.2) is 29.2 Å². The molecule has 0 aromatic heterocycles. The Morgan fingerprint density at radius 1 is 1.20 bits per heavy atom. The van der Waals surface area contributed by atoms with Crippen LogP contribution in [-0.2, 0) is 9.59 Å². The van der Waals surface area contributed by atoms with Gasteiger partial charge in [-0.15, -0.1) is 0 Å². The lowest BCUT2D eigenvalue weighted by Gasteiger charge is -2.31. The van der Waals surface area contributed by atoms with Gasteiger partial charge in [-0.05, 0) is 51.6 Å². The Labute approximate surface area is 151 Å². The normalized spacial score (nSPS) is 16.4. The summed E-state index contributed by atoms with van der Waals surface area (Å²) in [5.41, 5.74) is 0.449. The monoisotopic (exact) mass is 362 g/mol. The average Bonchev–Trinajstić information content (AvgIpc) is 2.76. The van der Waals surface area contributed by atoms with Crippen molar-refractivity contribution < 1.29 is 19.5 Å². The first-order chi connectivity index (χ1) is 11.7. The number of para-hydroxylation sites is 1. The molecule has 1 N–H and O–H groups in total. The van der Waals surface area contributed by atoms with Gasteiger partial charge in [-0.1, -0.05) is 18.2 Å². The largest absolute Gasteiger partial charge is 0.507 e. The van der Waals surface area contributed by atoms with E-state index in [0.29, 0.717) is 5.56 Å². The van der Waals surface area contributed by atoms with Crippen molar-refractivity contribution in [2.24, 2.45) is 0 Å². The van der Waals surface area contributed by atoms with Crippen LogP contribution in [0, 0.1) is 0 Å². The fraction of sp³-hybridized carbons (Fsp3) is 0.389. The predicted molar refractivity (Wildman–Crippen MR) is 97.9 cm³/mol. The summed E-state index contributed by atoms with van der Waals surface area (Å²) in [6.45, 7) is 7.29. The number of hydrogen-bond donors (Lipinski definition) is 1. The Morgan fingerprint density at radius 2 is 1.80 bits per heavy atom. The van der Waals surface area contributed by atoms with Crippen molar-refractivity contribution in [2.75, 3.05) is 6.54 Å². The van der Waals surface area contributed by atoms with Gasteiger partial charge in [0.1, 0.15) is 12.3 Å². The van der Waals surface area contributed by atoms with Crippen molar-refractivity contribution in [1.29, 1.82) is 0 Å². The molecule has 6 nitrogen and oxygen atoms in total. The average molecular weight is 362 g/mol. The summed E-state index contributed by atoms with van der Waals surface area (Å²) in [5, 5.41) is 9.33. The van der Waals surface area contributed by atoms with Gasteiger partial charge in [0.15, 0.2) is 0 Å². The Hall–Kier alpha value is -2.28. The maximum absolute atomic E-state index is 12.5. The predicted octanol–water partition coefficient (Wildman–Crippen LogP) is 3.07. The molecular formula is C18H22N2O4S. The van der Waals surface area contributed by atoms with Crippen molar-refractivity contribution >= 4 is 34.9 Å². The Kier molecular flexibility index (Phi) is 5.89. The van der Waals surface area contributed by atoms with Gasteiger partial charge < -0.3 is 10.0 Å². The number of amides is 3. The number of phenols is 1. The highest BCUT2D eigenvalue weighted by Crippen LogP contribution is 2.33. The minimum atomic E-state index is -0.515. The molecule has 1 fully saturated rings. The Morgan fingerprint density at radius 3 is 2.36 bits per heavy atom. The molecule has 1 aromatic rings. The number of carbonyl (C=O) groups is 3. The molecule has 1 saturated heterocycles. The van der Waals surface area contributed by atoms with Crippen LogP contribution in [0.25, 0.3) is 6.08 Å². The van der Waals surface area contributed by atoms with Crippen molar-refractivity contribution in [3.63, 3.8) is 0 Å². The van der Waals surface area contributed by atoms with E-state index in [1.54, 1.807) is 23.1 Å². The first-order valence-corrected chi connectivity index (χ1v) is 8.88. The lowest BCUT2D eigenvalue weighted by molar-refractivity contribution is -0.138.